The Morgan fingerprint density at radius 1 is 1.47 bits per heavy atom. The highest BCUT2D eigenvalue weighted by Crippen LogP contribution is 2.17. The van der Waals surface area contributed by atoms with Crippen LogP contribution in [0, 0.1) is 0 Å². The van der Waals surface area contributed by atoms with Crippen LogP contribution in [0.4, 0.5) is 0 Å². The van der Waals surface area contributed by atoms with Gasteiger partial charge in [0, 0.05) is 36.9 Å². The molecule has 0 aromatic carbocycles. The number of hydrogen-bond donors (Lipinski definition) is 0. The summed E-state index contributed by atoms with van der Waals surface area (Å²) in [5, 5.41) is 0. The number of nitrogens with zero attached hydrogens (tertiary/aromatic N) is 2. The number of carbonyl (C=O) groups excluding carboxylic acids is 1. The fourth-order valence-electron chi connectivity index (χ4n) is 1.38. The van der Waals surface area contributed by atoms with Gasteiger partial charge in [-0.25, -0.2) is 12.7 Å². The fraction of sp³-hybridized carbons (Fsp3) is 0.455. The minimum atomic E-state index is -3.58. The number of hydrogen-bond acceptors (Lipinski definition) is 5. The minimum Gasteiger partial charge on any atom is -0.469 e. The summed E-state index contributed by atoms with van der Waals surface area (Å²) in [6.07, 6.45) is 3.39. The molecule has 0 saturated carbocycles. The van der Waals surface area contributed by atoms with Crippen molar-refractivity contribution in [1.82, 2.24) is 9.29 Å². The van der Waals surface area contributed by atoms with E-state index in [1.807, 2.05) is 0 Å². The molecular formula is C11H15BrN2O4S. The van der Waals surface area contributed by atoms with Crippen LogP contribution in [-0.2, 0) is 19.6 Å². The van der Waals surface area contributed by atoms with Crippen LogP contribution in [0.15, 0.2) is 27.8 Å². The van der Waals surface area contributed by atoms with Gasteiger partial charge in [-0.05, 0) is 28.4 Å². The first-order valence-corrected chi connectivity index (χ1v) is 7.75. The van der Waals surface area contributed by atoms with Crippen molar-refractivity contribution in [3.8, 4) is 0 Å². The molecule has 0 spiro atoms. The molecular weight excluding hydrogens is 336 g/mol. The van der Waals surface area contributed by atoms with Crippen molar-refractivity contribution < 1.29 is 17.9 Å². The lowest BCUT2D eigenvalue weighted by molar-refractivity contribution is -0.140. The number of sulfonamides is 1. The maximum Gasteiger partial charge on any atom is 0.305 e. The zero-order valence-electron chi connectivity index (χ0n) is 10.7. The molecule has 106 valence electrons. The molecule has 0 aliphatic rings. The molecule has 0 aliphatic heterocycles. The second-order valence-corrected chi connectivity index (χ2v) is 6.81. The summed E-state index contributed by atoms with van der Waals surface area (Å²) in [4.78, 5) is 14.9. The van der Waals surface area contributed by atoms with E-state index in [9.17, 15) is 13.2 Å². The van der Waals surface area contributed by atoms with E-state index in [4.69, 9.17) is 0 Å². The van der Waals surface area contributed by atoms with Crippen LogP contribution >= 0.6 is 15.9 Å². The van der Waals surface area contributed by atoms with Gasteiger partial charge in [-0.2, -0.15) is 0 Å². The van der Waals surface area contributed by atoms with Gasteiger partial charge in [-0.15, -0.1) is 0 Å². The summed E-state index contributed by atoms with van der Waals surface area (Å²) in [5.41, 5.74) is 0. The van der Waals surface area contributed by atoms with Crippen LogP contribution in [0.1, 0.15) is 12.8 Å². The summed E-state index contributed by atoms with van der Waals surface area (Å²) in [5.74, 6) is -0.352. The van der Waals surface area contributed by atoms with Gasteiger partial charge in [-0.1, -0.05) is 0 Å². The number of aromatic nitrogens is 1. The Balaban J connectivity index is 2.70. The second kappa shape index (κ2) is 6.97. The van der Waals surface area contributed by atoms with Crippen LogP contribution in [-0.4, -0.2) is 44.4 Å². The molecule has 0 unspecified atom stereocenters. The molecule has 0 amide bonds. The van der Waals surface area contributed by atoms with Crippen molar-refractivity contribution in [1.29, 1.82) is 0 Å². The SMILES string of the molecule is COC(=O)CCCN(C)S(=O)(=O)c1cncc(Br)c1. The molecule has 6 nitrogen and oxygen atoms in total. The molecule has 19 heavy (non-hydrogen) atoms. The van der Waals surface area contributed by atoms with Crippen molar-refractivity contribution in [3.63, 3.8) is 0 Å². The maximum absolute atomic E-state index is 12.2. The quantitative estimate of drug-likeness (QED) is 0.725. The summed E-state index contributed by atoms with van der Waals surface area (Å²) in [6.45, 7) is 0.240. The molecule has 0 saturated heterocycles. The summed E-state index contributed by atoms with van der Waals surface area (Å²) < 4.78 is 30.6. The predicted octanol–water partition coefficient (Wildman–Crippen LogP) is 1.42. The van der Waals surface area contributed by atoms with Gasteiger partial charge in [0.2, 0.25) is 10.0 Å². The Morgan fingerprint density at radius 3 is 2.74 bits per heavy atom. The minimum absolute atomic E-state index is 0.113. The van der Waals surface area contributed by atoms with E-state index in [0.29, 0.717) is 10.9 Å². The first kappa shape index (κ1) is 16.1. The number of carbonyl (C=O) groups is 1. The number of halogens is 1. The topological polar surface area (TPSA) is 76.6 Å². The standard InChI is InChI=1S/C11H15BrN2O4S/c1-14(5-3-4-11(15)18-2)19(16,17)10-6-9(12)7-13-8-10/h6-8H,3-5H2,1-2H3. The average Bonchev–Trinajstić information content (AvgIpc) is 2.38. The van der Waals surface area contributed by atoms with E-state index in [-0.39, 0.29) is 23.8 Å². The van der Waals surface area contributed by atoms with Gasteiger partial charge < -0.3 is 4.74 Å². The summed E-state index contributed by atoms with van der Waals surface area (Å²) in [7, 11) is -0.810. The third-order valence-electron chi connectivity index (χ3n) is 2.47. The van der Waals surface area contributed by atoms with E-state index >= 15 is 0 Å². The molecule has 1 aromatic heterocycles. The van der Waals surface area contributed by atoms with Crippen LogP contribution in [0.5, 0.6) is 0 Å². The van der Waals surface area contributed by atoms with E-state index in [0.717, 1.165) is 0 Å². The Hall–Kier alpha value is -0.990. The molecule has 0 atom stereocenters. The third kappa shape index (κ3) is 4.55. The molecule has 0 radical (unpaired) electrons. The Morgan fingerprint density at radius 2 is 2.16 bits per heavy atom. The van der Waals surface area contributed by atoms with Crippen molar-refractivity contribution in [2.75, 3.05) is 20.7 Å². The number of methoxy groups -OCH3 is 1. The largest absolute Gasteiger partial charge is 0.469 e. The molecule has 8 heteroatoms. The van der Waals surface area contributed by atoms with Gasteiger partial charge >= 0.3 is 5.97 Å². The third-order valence-corrected chi connectivity index (χ3v) is 4.73. The number of esters is 1. The fourth-order valence-corrected chi connectivity index (χ4v) is 3.10. The zero-order valence-corrected chi connectivity index (χ0v) is 13.1. The van der Waals surface area contributed by atoms with Gasteiger partial charge in [0.1, 0.15) is 4.90 Å². The molecule has 0 N–H and O–H groups in total. The lowest BCUT2D eigenvalue weighted by Gasteiger charge is -2.16. The van der Waals surface area contributed by atoms with Crippen molar-refractivity contribution in [2.45, 2.75) is 17.7 Å². The molecule has 0 aliphatic carbocycles. The highest BCUT2D eigenvalue weighted by atomic mass is 79.9. The van der Waals surface area contributed by atoms with Crippen molar-refractivity contribution in [3.05, 3.63) is 22.9 Å². The molecule has 0 fully saturated rings. The highest BCUT2D eigenvalue weighted by Gasteiger charge is 2.21. The summed E-state index contributed by atoms with van der Waals surface area (Å²) >= 11 is 3.18. The van der Waals surface area contributed by atoms with Crippen LogP contribution < -0.4 is 0 Å². The summed E-state index contributed by atoms with van der Waals surface area (Å²) in [6, 6.07) is 1.49. The molecule has 0 bridgehead atoms. The zero-order chi connectivity index (χ0) is 14.5. The highest BCUT2D eigenvalue weighted by molar-refractivity contribution is 9.10. The van der Waals surface area contributed by atoms with E-state index in [1.54, 1.807) is 0 Å². The number of ether oxygens (including phenoxy) is 1. The molecule has 1 heterocycles. The van der Waals surface area contributed by atoms with Crippen LogP contribution in [0.2, 0.25) is 0 Å². The first-order valence-electron chi connectivity index (χ1n) is 5.51. The maximum atomic E-state index is 12.2. The van der Waals surface area contributed by atoms with Gasteiger partial charge in [0.15, 0.2) is 0 Å². The Kier molecular flexibility index (Phi) is 5.89. The van der Waals surface area contributed by atoms with E-state index in [1.165, 1.54) is 36.9 Å². The monoisotopic (exact) mass is 350 g/mol. The lowest BCUT2D eigenvalue weighted by Crippen LogP contribution is -2.28. The normalized spacial score (nSPS) is 11.6. The molecule has 1 rings (SSSR count). The lowest BCUT2D eigenvalue weighted by atomic mass is 10.3. The van der Waals surface area contributed by atoms with Crippen LogP contribution in [0.3, 0.4) is 0 Å². The van der Waals surface area contributed by atoms with E-state index < -0.39 is 10.0 Å². The van der Waals surface area contributed by atoms with Crippen molar-refractivity contribution in [2.24, 2.45) is 0 Å². The molecule has 1 aromatic rings. The van der Waals surface area contributed by atoms with E-state index in [2.05, 4.69) is 25.7 Å². The first-order chi connectivity index (χ1) is 8.87. The Labute approximate surface area is 121 Å². The van der Waals surface area contributed by atoms with Crippen LogP contribution in [0.25, 0.3) is 0 Å². The van der Waals surface area contributed by atoms with Gasteiger partial charge in [0.25, 0.3) is 0 Å². The van der Waals surface area contributed by atoms with Crippen molar-refractivity contribution >= 4 is 31.9 Å². The van der Waals surface area contributed by atoms with Gasteiger partial charge in [-0.3, -0.25) is 9.78 Å². The number of rotatable bonds is 6. The Bertz CT molecular complexity index is 547. The smallest absolute Gasteiger partial charge is 0.305 e. The predicted molar refractivity (Wildman–Crippen MR) is 73.0 cm³/mol. The van der Waals surface area contributed by atoms with Gasteiger partial charge in [0.05, 0.1) is 7.11 Å². The average molecular weight is 351 g/mol. The number of pyridine rings is 1. The second-order valence-electron chi connectivity index (χ2n) is 3.85.